The van der Waals surface area contributed by atoms with Gasteiger partial charge in [-0.3, -0.25) is 0 Å². The van der Waals surface area contributed by atoms with Crippen LogP contribution in [0.15, 0.2) is 30.3 Å². The van der Waals surface area contributed by atoms with Crippen molar-refractivity contribution in [2.75, 3.05) is 0 Å². The summed E-state index contributed by atoms with van der Waals surface area (Å²) in [4.78, 5) is 19.0. The van der Waals surface area contributed by atoms with Crippen LogP contribution in [0.25, 0.3) is 0 Å². The number of benzene rings is 1. The molecule has 0 spiro atoms. The Morgan fingerprint density at radius 1 is 1.07 bits per heavy atom. The molecule has 0 amide bonds. The van der Waals surface area contributed by atoms with Gasteiger partial charge in [-0.25, -0.2) is 0 Å². The molecule has 1 aromatic carbocycles. The third kappa shape index (κ3) is 14.8. The fraction of sp³-hybridized carbons (Fsp3) is 0.111. The van der Waals surface area contributed by atoms with Crippen LogP contribution >= 0.6 is 0 Å². The molecule has 70 valence electrons. The summed E-state index contributed by atoms with van der Waals surface area (Å²) in [5.74, 6) is -2.21. The summed E-state index contributed by atoms with van der Waals surface area (Å²) in [5, 5.41) is 19.0. The van der Waals surface area contributed by atoms with E-state index in [0.717, 1.165) is 6.92 Å². The van der Waals surface area contributed by atoms with Gasteiger partial charge < -0.3 is 19.8 Å². The molecule has 0 fully saturated rings. The zero-order valence-electron chi connectivity index (χ0n) is 9.02. The van der Waals surface area contributed by atoms with Gasteiger partial charge >= 0.3 is 80.9 Å². The van der Waals surface area contributed by atoms with Crippen molar-refractivity contribution in [3.05, 3.63) is 35.9 Å². The molecule has 0 atom stereocenters. The fourth-order valence-corrected chi connectivity index (χ4v) is 0.574. The van der Waals surface area contributed by atoms with Crippen LogP contribution in [0.5, 0.6) is 0 Å². The molecule has 0 aliphatic heterocycles. The van der Waals surface area contributed by atoms with Gasteiger partial charge in [0.1, 0.15) is 0 Å². The monoisotopic (exact) mass is 242 g/mol. The van der Waals surface area contributed by atoms with E-state index in [1.807, 2.05) is 0 Å². The average molecular weight is 242 g/mol. The van der Waals surface area contributed by atoms with Crippen molar-refractivity contribution in [2.45, 2.75) is 6.92 Å². The number of carbonyl (C=O) groups excluding carboxylic acids is 2. The first-order valence-corrected chi connectivity index (χ1v) is 3.48. The van der Waals surface area contributed by atoms with Crippen molar-refractivity contribution >= 4 is 11.9 Å². The Kier molecular flexibility index (Phi) is 18.1. The standard InChI is InChI=1S/C7H6O2.C2H4O2.K.Na/c8-7(9)6-4-2-1-3-5-6;1-2(3)4;;/h1-5H,(H,8,9);1H3,(H,3,4);;/q;;2*+1/p-2. The molecule has 1 aromatic rings. The van der Waals surface area contributed by atoms with E-state index in [9.17, 15) is 9.90 Å². The number of carboxylic acid groups (broad SMARTS) is 2. The van der Waals surface area contributed by atoms with Crippen LogP contribution in [0.3, 0.4) is 0 Å². The summed E-state index contributed by atoms with van der Waals surface area (Å²) in [6.07, 6.45) is 0. The molecule has 0 unspecified atom stereocenters. The van der Waals surface area contributed by atoms with Crippen LogP contribution in [0, 0.1) is 0 Å². The Hall–Kier alpha value is 0.796. The van der Waals surface area contributed by atoms with Crippen molar-refractivity contribution in [1.29, 1.82) is 0 Å². The molecule has 6 heteroatoms. The maximum atomic E-state index is 10.1. The van der Waals surface area contributed by atoms with E-state index in [1.54, 1.807) is 18.2 Å². The van der Waals surface area contributed by atoms with Gasteiger partial charge in [0.05, 0.1) is 5.97 Å². The number of rotatable bonds is 1. The molecule has 0 saturated carbocycles. The smallest absolute Gasteiger partial charge is 0.550 e. The third-order valence-corrected chi connectivity index (χ3v) is 1.01. The van der Waals surface area contributed by atoms with Crippen molar-refractivity contribution in [3.63, 3.8) is 0 Å². The molecule has 15 heavy (non-hydrogen) atoms. The number of carboxylic acids is 2. The zero-order chi connectivity index (χ0) is 10.3. The normalized spacial score (nSPS) is 7.00. The van der Waals surface area contributed by atoms with Gasteiger partial charge in [-0.1, -0.05) is 30.3 Å². The molecular weight excluding hydrogens is 234 g/mol. The molecule has 0 N–H and O–H groups in total. The Bertz CT molecular complexity index is 285. The molecule has 0 heterocycles. The summed E-state index contributed by atoms with van der Waals surface area (Å²) in [6.45, 7) is 0.972. The molecular formula is C9H8KNaO4. The summed E-state index contributed by atoms with van der Waals surface area (Å²) >= 11 is 0. The van der Waals surface area contributed by atoms with Crippen molar-refractivity contribution in [1.82, 2.24) is 0 Å². The van der Waals surface area contributed by atoms with E-state index in [0.29, 0.717) is 0 Å². The van der Waals surface area contributed by atoms with Crippen LogP contribution in [-0.4, -0.2) is 11.9 Å². The molecule has 0 aromatic heterocycles. The van der Waals surface area contributed by atoms with Gasteiger partial charge in [-0.15, -0.1) is 0 Å². The second kappa shape index (κ2) is 12.9. The molecule has 0 radical (unpaired) electrons. The summed E-state index contributed by atoms with van der Waals surface area (Å²) in [5.41, 5.74) is 0.220. The number of aliphatic carboxylic acids is 1. The van der Waals surface area contributed by atoms with Gasteiger partial charge in [-0.05, 0) is 12.5 Å². The summed E-state index contributed by atoms with van der Waals surface area (Å²) in [7, 11) is 0. The molecule has 0 bridgehead atoms. The van der Waals surface area contributed by atoms with Crippen molar-refractivity contribution < 1.29 is 101 Å². The molecule has 0 saturated heterocycles. The Morgan fingerprint density at radius 3 is 1.60 bits per heavy atom. The minimum absolute atomic E-state index is 0. The Balaban J connectivity index is -0.000000213. The predicted molar refractivity (Wildman–Crippen MR) is 41.5 cm³/mol. The molecule has 0 aliphatic carbocycles. The molecule has 4 nitrogen and oxygen atoms in total. The van der Waals surface area contributed by atoms with E-state index in [4.69, 9.17) is 9.90 Å². The topological polar surface area (TPSA) is 80.3 Å². The summed E-state index contributed by atoms with van der Waals surface area (Å²) < 4.78 is 0. The minimum Gasteiger partial charge on any atom is -0.550 e. The van der Waals surface area contributed by atoms with Crippen molar-refractivity contribution in [2.24, 2.45) is 0 Å². The van der Waals surface area contributed by atoms with Gasteiger partial charge in [0.15, 0.2) is 0 Å². The van der Waals surface area contributed by atoms with Crippen LogP contribution in [0.2, 0.25) is 0 Å². The van der Waals surface area contributed by atoms with Crippen LogP contribution < -0.4 is 91.2 Å². The van der Waals surface area contributed by atoms with E-state index < -0.39 is 11.9 Å². The molecule has 1 rings (SSSR count). The van der Waals surface area contributed by atoms with Crippen LogP contribution in [0.4, 0.5) is 0 Å². The van der Waals surface area contributed by atoms with Gasteiger partial charge in [-0.2, -0.15) is 0 Å². The number of aromatic carboxylic acids is 1. The van der Waals surface area contributed by atoms with E-state index in [1.165, 1.54) is 12.1 Å². The maximum absolute atomic E-state index is 10.1. The second-order valence-electron chi connectivity index (χ2n) is 2.15. The van der Waals surface area contributed by atoms with Gasteiger partial charge in [0, 0.05) is 5.97 Å². The largest absolute Gasteiger partial charge is 1.00 e. The number of carbonyl (C=O) groups is 2. The van der Waals surface area contributed by atoms with Crippen LogP contribution in [0.1, 0.15) is 17.3 Å². The van der Waals surface area contributed by atoms with E-state index >= 15 is 0 Å². The summed E-state index contributed by atoms with van der Waals surface area (Å²) in [6, 6.07) is 8.06. The number of hydrogen-bond acceptors (Lipinski definition) is 4. The second-order valence-corrected chi connectivity index (χ2v) is 2.15. The quantitative estimate of drug-likeness (QED) is 0.458. The van der Waals surface area contributed by atoms with Crippen molar-refractivity contribution in [3.8, 4) is 0 Å². The van der Waals surface area contributed by atoms with E-state index in [-0.39, 0.29) is 86.5 Å². The fourth-order valence-electron chi connectivity index (χ4n) is 0.574. The first kappa shape index (κ1) is 21.1. The SMILES string of the molecule is CC(=O)[O-].O=C([O-])c1ccccc1.[K+].[Na+]. The van der Waals surface area contributed by atoms with Gasteiger partial charge in [0.25, 0.3) is 0 Å². The Labute approximate surface area is 153 Å². The maximum Gasteiger partial charge on any atom is 1.00 e. The number of hydrogen-bond donors (Lipinski definition) is 0. The third-order valence-electron chi connectivity index (χ3n) is 1.01. The van der Waals surface area contributed by atoms with Gasteiger partial charge in [0.2, 0.25) is 0 Å². The minimum atomic E-state index is -1.13. The first-order valence-electron chi connectivity index (χ1n) is 3.48. The Morgan fingerprint density at radius 2 is 1.40 bits per heavy atom. The first-order chi connectivity index (χ1) is 6.04. The van der Waals surface area contributed by atoms with Crippen LogP contribution in [-0.2, 0) is 4.79 Å². The average Bonchev–Trinajstić information content (AvgIpc) is 2.05. The predicted octanol–water partition coefficient (Wildman–Crippen LogP) is -7.19. The molecule has 0 aliphatic rings. The van der Waals surface area contributed by atoms with E-state index in [2.05, 4.69) is 0 Å². The zero-order valence-corrected chi connectivity index (χ0v) is 14.1.